The van der Waals surface area contributed by atoms with Crippen LogP contribution in [0.2, 0.25) is 10.0 Å². The number of hydrogen-bond acceptors (Lipinski definition) is 2. The van der Waals surface area contributed by atoms with Crippen LogP contribution in [0.1, 0.15) is 18.0 Å². The first-order valence-electron chi connectivity index (χ1n) is 6.33. The van der Waals surface area contributed by atoms with Crippen LogP contribution >= 0.6 is 23.2 Å². The standard InChI is InChI=1S/C13H15Cl2F3N2/c14-10-5-9(6-11(15)7-10)12(8-13(16,17)18)20-3-1-19-2-4-20/h5-7,12,19H,1-4,8H2/t12-/m1/s1. The minimum Gasteiger partial charge on any atom is -0.314 e. The fourth-order valence-electron chi connectivity index (χ4n) is 2.44. The molecule has 7 heteroatoms. The first-order chi connectivity index (χ1) is 9.35. The highest BCUT2D eigenvalue weighted by Crippen LogP contribution is 2.36. The summed E-state index contributed by atoms with van der Waals surface area (Å²) in [6.45, 7) is 2.51. The average molecular weight is 327 g/mol. The second-order valence-corrected chi connectivity index (χ2v) is 5.70. The third kappa shape index (κ3) is 4.52. The van der Waals surface area contributed by atoms with E-state index in [0.717, 1.165) is 0 Å². The molecule has 1 aliphatic heterocycles. The van der Waals surface area contributed by atoms with Crippen LogP contribution < -0.4 is 5.32 Å². The Balaban J connectivity index is 2.29. The van der Waals surface area contributed by atoms with Gasteiger partial charge in [0.25, 0.3) is 0 Å². The van der Waals surface area contributed by atoms with Gasteiger partial charge in [-0.25, -0.2) is 0 Å². The van der Waals surface area contributed by atoms with E-state index in [1.54, 1.807) is 12.1 Å². The number of piperazine rings is 1. The predicted octanol–water partition coefficient (Wildman–Crippen LogP) is 3.89. The summed E-state index contributed by atoms with van der Waals surface area (Å²) in [4.78, 5) is 1.83. The molecule has 1 heterocycles. The number of benzene rings is 1. The highest BCUT2D eigenvalue weighted by molar-refractivity contribution is 6.34. The van der Waals surface area contributed by atoms with Gasteiger partial charge in [0.2, 0.25) is 0 Å². The third-order valence-corrected chi connectivity index (χ3v) is 3.72. The average Bonchev–Trinajstić information content (AvgIpc) is 2.35. The summed E-state index contributed by atoms with van der Waals surface area (Å²) in [7, 11) is 0. The van der Waals surface area contributed by atoms with Crippen LogP contribution in [0.3, 0.4) is 0 Å². The van der Waals surface area contributed by atoms with Crippen molar-refractivity contribution in [1.82, 2.24) is 10.2 Å². The molecule has 0 saturated carbocycles. The highest BCUT2D eigenvalue weighted by atomic mass is 35.5. The Morgan fingerprint density at radius 3 is 2.15 bits per heavy atom. The Labute approximate surface area is 125 Å². The van der Waals surface area contributed by atoms with Gasteiger partial charge in [-0.1, -0.05) is 23.2 Å². The molecule has 20 heavy (non-hydrogen) atoms. The van der Waals surface area contributed by atoms with Gasteiger partial charge >= 0.3 is 6.18 Å². The molecule has 1 atom stereocenters. The summed E-state index contributed by atoms with van der Waals surface area (Å²) in [5.41, 5.74) is 0.515. The lowest BCUT2D eigenvalue weighted by atomic mass is 10.0. The van der Waals surface area contributed by atoms with E-state index in [-0.39, 0.29) is 0 Å². The van der Waals surface area contributed by atoms with Gasteiger partial charge in [-0.3, -0.25) is 4.90 Å². The van der Waals surface area contributed by atoms with Crippen LogP contribution in [0.4, 0.5) is 13.2 Å². The summed E-state index contributed by atoms with van der Waals surface area (Å²) in [5.74, 6) is 0. The molecule has 1 aromatic carbocycles. The van der Waals surface area contributed by atoms with Crippen molar-refractivity contribution in [2.75, 3.05) is 26.2 Å². The van der Waals surface area contributed by atoms with Crippen LogP contribution in [0.25, 0.3) is 0 Å². The molecule has 2 nitrogen and oxygen atoms in total. The van der Waals surface area contributed by atoms with Crippen molar-refractivity contribution < 1.29 is 13.2 Å². The minimum absolute atomic E-state index is 0.356. The van der Waals surface area contributed by atoms with Gasteiger partial charge in [-0.05, 0) is 23.8 Å². The zero-order valence-electron chi connectivity index (χ0n) is 10.7. The molecule has 1 fully saturated rings. The number of hydrogen-bond donors (Lipinski definition) is 1. The van der Waals surface area contributed by atoms with Gasteiger partial charge in [0.15, 0.2) is 0 Å². The minimum atomic E-state index is -4.23. The fourth-order valence-corrected chi connectivity index (χ4v) is 2.98. The summed E-state index contributed by atoms with van der Waals surface area (Å²) in [6, 6.07) is 3.90. The molecule has 0 spiro atoms. The molecule has 0 radical (unpaired) electrons. The SMILES string of the molecule is FC(F)(F)C[C@H](c1cc(Cl)cc(Cl)c1)N1CCNCC1. The number of nitrogens with zero attached hydrogens (tertiary/aromatic N) is 1. The molecule has 1 saturated heterocycles. The molecular formula is C13H15Cl2F3N2. The van der Waals surface area contributed by atoms with Crippen molar-refractivity contribution in [3.63, 3.8) is 0 Å². The summed E-state index contributed by atoms with van der Waals surface area (Å²) in [5, 5.41) is 3.84. The van der Waals surface area contributed by atoms with E-state index in [1.807, 2.05) is 4.90 Å². The lowest BCUT2D eigenvalue weighted by Gasteiger charge is -2.35. The maximum Gasteiger partial charge on any atom is 0.390 e. The monoisotopic (exact) mass is 326 g/mol. The molecule has 0 aliphatic carbocycles. The van der Waals surface area contributed by atoms with Crippen molar-refractivity contribution in [3.8, 4) is 0 Å². The molecular weight excluding hydrogens is 312 g/mol. The fraction of sp³-hybridized carbons (Fsp3) is 0.538. The topological polar surface area (TPSA) is 15.3 Å². The zero-order valence-corrected chi connectivity index (χ0v) is 12.2. The van der Waals surface area contributed by atoms with Crippen LogP contribution in [0, 0.1) is 0 Å². The van der Waals surface area contributed by atoms with Crippen LogP contribution in [0.5, 0.6) is 0 Å². The van der Waals surface area contributed by atoms with Crippen molar-refractivity contribution in [3.05, 3.63) is 33.8 Å². The van der Waals surface area contributed by atoms with Crippen LogP contribution in [-0.4, -0.2) is 37.3 Å². The van der Waals surface area contributed by atoms with Gasteiger partial charge in [-0.2, -0.15) is 13.2 Å². The van der Waals surface area contributed by atoms with E-state index in [0.29, 0.717) is 41.8 Å². The van der Waals surface area contributed by atoms with Gasteiger partial charge in [-0.15, -0.1) is 0 Å². The Morgan fingerprint density at radius 2 is 1.65 bits per heavy atom. The van der Waals surface area contributed by atoms with E-state index < -0.39 is 18.6 Å². The summed E-state index contributed by atoms with van der Waals surface area (Å²) >= 11 is 11.8. The van der Waals surface area contributed by atoms with Crippen LogP contribution in [-0.2, 0) is 0 Å². The second kappa shape index (κ2) is 6.52. The zero-order chi connectivity index (χ0) is 14.8. The third-order valence-electron chi connectivity index (χ3n) is 3.29. The summed E-state index contributed by atoms with van der Waals surface area (Å²) in [6.07, 6.45) is -5.13. The number of halogens is 5. The Bertz CT molecular complexity index is 439. The lowest BCUT2D eigenvalue weighted by molar-refractivity contribution is -0.148. The Kier molecular flexibility index (Phi) is 5.18. The first-order valence-corrected chi connectivity index (χ1v) is 7.08. The lowest BCUT2D eigenvalue weighted by Crippen LogP contribution is -2.46. The molecule has 0 bridgehead atoms. The quantitative estimate of drug-likeness (QED) is 0.906. The van der Waals surface area contributed by atoms with E-state index in [2.05, 4.69) is 5.32 Å². The molecule has 0 unspecified atom stereocenters. The maximum atomic E-state index is 12.8. The number of nitrogens with one attached hydrogen (secondary N) is 1. The van der Waals surface area contributed by atoms with Crippen molar-refractivity contribution in [2.24, 2.45) is 0 Å². The van der Waals surface area contributed by atoms with Gasteiger partial charge in [0.05, 0.1) is 6.42 Å². The number of alkyl halides is 3. The largest absolute Gasteiger partial charge is 0.390 e. The molecule has 1 aliphatic rings. The van der Waals surface area contributed by atoms with Gasteiger partial charge < -0.3 is 5.32 Å². The van der Waals surface area contributed by atoms with Crippen LogP contribution in [0.15, 0.2) is 18.2 Å². The van der Waals surface area contributed by atoms with Gasteiger partial charge in [0.1, 0.15) is 0 Å². The predicted molar refractivity (Wildman–Crippen MR) is 74.3 cm³/mol. The van der Waals surface area contributed by atoms with E-state index in [1.165, 1.54) is 6.07 Å². The van der Waals surface area contributed by atoms with E-state index in [9.17, 15) is 13.2 Å². The first kappa shape index (κ1) is 15.9. The van der Waals surface area contributed by atoms with Crippen molar-refractivity contribution in [2.45, 2.75) is 18.6 Å². The van der Waals surface area contributed by atoms with Gasteiger partial charge in [0, 0.05) is 42.3 Å². The molecule has 0 aromatic heterocycles. The molecule has 1 N–H and O–H groups in total. The maximum absolute atomic E-state index is 12.8. The molecule has 2 rings (SSSR count). The smallest absolute Gasteiger partial charge is 0.314 e. The molecule has 0 amide bonds. The Morgan fingerprint density at radius 1 is 1.10 bits per heavy atom. The van der Waals surface area contributed by atoms with E-state index in [4.69, 9.17) is 23.2 Å². The highest BCUT2D eigenvalue weighted by Gasteiger charge is 2.36. The second-order valence-electron chi connectivity index (χ2n) is 4.82. The number of rotatable bonds is 3. The van der Waals surface area contributed by atoms with Crippen molar-refractivity contribution in [1.29, 1.82) is 0 Å². The Hall–Kier alpha value is -0.490. The molecule has 1 aromatic rings. The van der Waals surface area contributed by atoms with Crippen molar-refractivity contribution >= 4 is 23.2 Å². The summed E-state index contributed by atoms with van der Waals surface area (Å²) < 4.78 is 38.5. The van der Waals surface area contributed by atoms with E-state index >= 15 is 0 Å². The normalized spacial score (nSPS) is 19.1. The molecule has 112 valence electrons.